The van der Waals surface area contributed by atoms with Gasteiger partial charge in [0.15, 0.2) is 0 Å². The Balaban J connectivity index is 2.25. The summed E-state index contributed by atoms with van der Waals surface area (Å²) >= 11 is 12.2. The molecule has 0 saturated heterocycles. The average Bonchev–Trinajstić information content (AvgIpc) is 2.37. The van der Waals surface area contributed by atoms with Crippen molar-refractivity contribution < 1.29 is 9.18 Å². The number of nitrogens with one attached hydrogen (secondary N) is 1. The first-order valence-electron chi connectivity index (χ1n) is 5.19. The highest BCUT2D eigenvalue weighted by atomic mass is 79.9. The molecule has 0 aliphatic rings. The van der Waals surface area contributed by atoms with Gasteiger partial charge in [-0.25, -0.2) is 4.39 Å². The van der Waals surface area contributed by atoms with Gasteiger partial charge < -0.3 is 5.32 Å². The summed E-state index contributed by atoms with van der Waals surface area (Å²) in [6.07, 6.45) is 0. The maximum absolute atomic E-state index is 13.4. The van der Waals surface area contributed by atoms with Crippen molar-refractivity contribution in [1.82, 2.24) is 0 Å². The first-order valence-corrected chi connectivity index (χ1v) is 7.15. The van der Waals surface area contributed by atoms with Crippen molar-refractivity contribution in [1.29, 1.82) is 0 Å². The van der Waals surface area contributed by atoms with Gasteiger partial charge in [0.05, 0.1) is 10.2 Å². The maximum atomic E-state index is 13.4. The van der Waals surface area contributed by atoms with E-state index in [0.29, 0.717) is 19.7 Å². The summed E-state index contributed by atoms with van der Waals surface area (Å²) < 4.78 is 14.4. The van der Waals surface area contributed by atoms with Crippen LogP contribution < -0.4 is 5.32 Å². The van der Waals surface area contributed by atoms with E-state index >= 15 is 0 Å². The monoisotopic (exact) mass is 405 g/mol. The van der Waals surface area contributed by atoms with E-state index in [1.807, 2.05) is 0 Å². The number of hydrogen-bond acceptors (Lipinski definition) is 1. The lowest BCUT2D eigenvalue weighted by Crippen LogP contribution is -2.12. The van der Waals surface area contributed by atoms with Gasteiger partial charge in [-0.15, -0.1) is 0 Å². The number of hydrogen-bond donors (Lipinski definition) is 1. The molecule has 0 bridgehead atoms. The molecule has 1 N–H and O–H groups in total. The Hall–Kier alpha value is -0.910. The first-order chi connectivity index (χ1) is 8.97. The van der Waals surface area contributed by atoms with Gasteiger partial charge in [0.2, 0.25) is 0 Å². The van der Waals surface area contributed by atoms with Crippen LogP contribution in [0.2, 0.25) is 5.02 Å². The fourth-order valence-electron chi connectivity index (χ4n) is 1.43. The number of benzene rings is 2. The third-order valence-corrected chi connectivity index (χ3v) is 3.93. The molecule has 0 saturated carbocycles. The predicted molar refractivity (Wildman–Crippen MR) is 81.2 cm³/mol. The van der Waals surface area contributed by atoms with E-state index in [2.05, 4.69) is 37.2 Å². The van der Waals surface area contributed by atoms with Crippen molar-refractivity contribution in [3.05, 3.63) is 61.7 Å². The third kappa shape index (κ3) is 3.55. The largest absolute Gasteiger partial charge is 0.321 e. The number of carbonyl (C=O) groups excluding carboxylic acids is 1. The second kappa shape index (κ2) is 6.03. The second-order valence-electron chi connectivity index (χ2n) is 3.71. The molecule has 0 unspecified atom stereocenters. The lowest BCUT2D eigenvalue weighted by atomic mass is 10.2. The third-order valence-electron chi connectivity index (χ3n) is 2.36. The van der Waals surface area contributed by atoms with Crippen LogP contribution in [0.1, 0.15) is 10.4 Å². The Bertz CT molecular complexity index is 649. The molecule has 2 rings (SSSR count). The number of halogens is 4. The highest BCUT2D eigenvalue weighted by molar-refractivity contribution is 9.10. The van der Waals surface area contributed by atoms with Crippen LogP contribution in [0.15, 0.2) is 45.3 Å². The maximum Gasteiger partial charge on any atom is 0.255 e. The highest BCUT2D eigenvalue weighted by Crippen LogP contribution is 2.26. The van der Waals surface area contributed by atoms with Crippen molar-refractivity contribution in [2.45, 2.75) is 0 Å². The average molecular weight is 407 g/mol. The fraction of sp³-hybridized carbons (Fsp3) is 0. The molecule has 0 radical (unpaired) electrons. The minimum atomic E-state index is -0.488. The van der Waals surface area contributed by atoms with Crippen molar-refractivity contribution in [3.63, 3.8) is 0 Å². The number of rotatable bonds is 2. The van der Waals surface area contributed by atoms with Gasteiger partial charge in [-0.3, -0.25) is 4.79 Å². The molecule has 6 heteroatoms. The summed E-state index contributed by atoms with van der Waals surface area (Å²) in [4.78, 5) is 12.0. The van der Waals surface area contributed by atoms with E-state index in [4.69, 9.17) is 11.6 Å². The molecular formula is C13H7Br2ClFNO. The second-order valence-corrected chi connectivity index (χ2v) is 5.85. The molecule has 0 aromatic heterocycles. The van der Waals surface area contributed by atoms with E-state index in [1.165, 1.54) is 12.1 Å². The molecule has 2 nitrogen and oxygen atoms in total. The van der Waals surface area contributed by atoms with Crippen molar-refractivity contribution in [3.8, 4) is 0 Å². The Morgan fingerprint density at radius 2 is 1.79 bits per heavy atom. The van der Waals surface area contributed by atoms with E-state index < -0.39 is 11.7 Å². The van der Waals surface area contributed by atoms with Gasteiger partial charge in [0, 0.05) is 15.1 Å². The molecule has 0 heterocycles. The van der Waals surface area contributed by atoms with Gasteiger partial charge in [-0.2, -0.15) is 0 Å². The van der Waals surface area contributed by atoms with Crippen molar-refractivity contribution >= 4 is 55.1 Å². The van der Waals surface area contributed by atoms with E-state index in [9.17, 15) is 9.18 Å². The summed E-state index contributed by atoms with van der Waals surface area (Å²) in [6, 6.07) is 9.20. The molecule has 98 valence electrons. The Kier molecular flexibility index (Phi) is 4.60. The molecule has 0 aliphatic carbocycles. The summed E-state index contributed by atoms with van der Waals surface area (Å²) in [6.45, 7) is 0. The van der Waals surface area contributed by atoms with E-state index in [1.54, 1.807) is 18.2 Å². The Morgan fingerprint density at radius 1 is 1.11 bits per heavy atom. The van der Waals surface area contributed by atoms with Crippen molar-refractivity contribution in [2.75, 3.05) is 5.32 Å². The van der Waals surface area contributed by atoms with Crippen LogP contribution in [0.3, 0.4) is 0 Å². The summed E-state index contributed by atoms with van der Waals surface area (Å²) in [5, 5.41) is 3.16. The van der Waals surface area contributed by atoms with Gasteiger partial charge in [0.1, 0.15) is 5.82 Å². The van der Waals surface area contributed by atoms with Crippen LogP contribution in [0.5, 0.6) is 0 Å². The summed E-state index contributed by atoms with van der Waals surface area (Å²) in [7, 11) is 0. The molecule has 1 amide bonds. The van der Waals surface area contributed by atoms with E-state index in [-0.39, 0.29) is 5.56 Å². The topological polar surface area (TPSA) is 29.1 Å². The minimum Gasteiger partial charge on any atom is -0.321 e. The van der Waals surface area contributed by atoms with Crippen LogP contribution in [-0.2, 0) is 0 Å². The molecule has 0 fully saturated rings. The number of carbonyl (C=O) groups is 1. The molecule has 19 heavy (non-hydrogen) atoms. The van der Waals surface area contributed by atoms with Gasteiger partial charge >= 0.3 is 0 Å². The number of anilines is 1. The van der Waals surface area contributed by atoms with Crippen LogP contribution >= 0.6 is 43.5 Å². The Labute approximate surface area is 131 Å². The molecule has 0 spiro atoms. The molecule has 0 atom stereocenters. The predicted octanol–water partition coefficient (Wildman–Crippen LogP) is 5.26. The fourth-order valence-corrected chi connectivity index (χ4v) is 2.19. The molecule has 2 aromatic carbocycles. The first kappa shape index (κ1) is 14.5. The standard InChI is InChI=1S/C13H7Br2ClFNO/c14-9-3-1-7(5-11(9)17)13(19)18-12-6-8(16)2-4-10(12)15/h1-6H,(H,18,19). The number of amides is 1. The summed E-state index contributed by atoms with van der Waals surface area (Å²) in [5.41, 5.74) is 0.758. The zero-order chi connectivity index (χ0) is 14.0. The van der Waals surface area contributed by atoms with Crippen LogP contribution in [0.4, 0.5) is 10.1 Å². The molecule has 2 aromatic rings. The minimum absolute atomic E-state index is 0.229. The van der Waals surface area contributed by atoms with Crippen LogP contribution in [-0.4, -0.2) is 5.91 Å². The zero-order valence-corrected chi connectivity index (χ0v) is 13.3. The zero-order valence-electron chi connectivity index (χ0n) is 9.38. The lowest BCUT2D eigenvalue weighted by Gasteiger charge is -2.08. The smallest absolute Gasteiger partial charge is 0.255 e. The van der Waals surface area contributed by atoms with Crippen LogP contribution in [0, 0.1) is 5.82 Å². The van der Waals surface area contributed by atoms with Gasteiger partial charge in [-0.1, -0.05) is 11.6 Å². The van der Waals surface area contributed by atoms with Crippen molar-refractivity contribution in [2.24, 2.45) is 0 Å². The SMILES string of the molecule is O=C(Nc1cc(Cl)ccc1Br)c1ccc(Br)c(F)c1. The lowest BCUT2D eigenvalue weighted by molar-refractivity contribution is 0.102. The van der Waals surface area contributed by atoms with Gasteiger partial charge in [-0.05, 0) is 68.3 Å². The van der Waals surface area contributed by atoms with E-state index in [0.717, 1.165) is 6.07 Å². The summed E-state index contributed by atoms with van der Waals surface area (Å²) in [5.74, 6) is -0.896. The van der Waals surface area contributed by atoms with Gasteiger partial charge in [0.25, 0.3) is 5.91 Å². The molecule has 0 aliphatic heterocycles. The quantitative estimate of drug-likeness (QED) is 0.723. The van der Waals surface area contributed by atoms with Crippen LogP contribution in [0.25, 0.3) is 0 Å². The highest BCUT2D eigenvalue weighted by Gasteiger charge is 2.11. The normalized spacial score (nSPS) is 10.3. The molecular weight excluding hydrogens is 400 g/mol. The Morgan fingerprint density at radius 3 is 2.47 bits per heavy atom.